The van der Waals surface area contributed by atoms with Crippen molar-refractivity contribution in [2.75, 3.05) is 14.2 Å². The Bertz CT molecular complexity index is 831. The summed E-state index contributed by atoms with van der Waals surface area (Å²) in [5.74, 6) is 1.16. The van der Waals surface area contributed by atoms with Gasteiger partial charge in [-0.1, -0.05) is 0 Å². The smallest absolute Gasteiger partial charge is 0.182 e. The van der Waals surface area contributed by atoms with Crippen molar-refractivity contribution in [2.45, 2.75) is 13.8 Å². The van der Waals surface area contributed by atoms with E-state index in [2.05, 4.69) is 6.07 Å². The predicted molar refractivity (Wildman–Crippen MR) is 89.5 cm³/mol. The Balaban J connectivity index is 2.57. The van der Waals surface area contributed by atoms with E-state index in [4.69, 9.17) is 9.47 Å². The molecule has 1 heterocycles. The highest BCUT2D eigenvalue weighted by Gasteiger charge is 2.09. The molecule has 0 amide bonds. The maximum atomic E-state index is 11.5. The largest absolute Gasteiger partial charge is 0.493 e. The summed E-state index contributed by atoms with van der Waals surface area (Å²) < 4.78 is 12.3. The first-order valence-corrected chi connectivity index (χ1v) is 7.04. The summed E-state index contributed by atoms with van der Waals surface area (Å²) in [5, 5.41) is 9.50. The molecule has 0 aliphatic heterocycles. The summed E-state index contributed by atoms with van der Waals surface area (Å²) >= 11 is 0. The number of nitriles is 1. The molecular weight excluding hydrogens is 292 g/mol. The number of pyridine rings is 1. The monoisotopic (exact) mass is 310 g/mol. The molecule has 0 spiro atoms. The van der Waals surface area contributed by atoms with Gasteiger partial charge in [0.05, 0.1) is 19.8 Å². The van der Waals surface area contributed by atoms with Crippen molar-refractivity contribution in [1.82, 2.24) is 4.57 Å². The van der Waals surface area contributed by atoms with E-state index in [1.807, 2.05) is 18.4 Å². The number of ether oxygens (including phenoxy) is 2. The minimum Gasteiger partial charge on any atom is -0.493 e. The molecule has 2 aromatic rings. The normalized spacial score (nSPS) is 11.0. The average Bonchev–Trinajstić information content (AvgIpc) is 2.53. The third-order valence-corrected chi connectivity index (χ3v) is 3.54. The molecule has 5 nitrogen and oxygen atoms in total. The van der Waals surface area contributed by atoms with E-state index in [0.717, 1.165) is 11.4 Å². The van der Waals surface area contributed by atoms with Gasteiger partial charge in [0.2, 0.25) is 0 Å². The van der Waals surface area contributed by atoms with E-state index in [1.165, 1.54) is 12.1 Å². The first-order chi connectivity index (χ1) is 11.0. The van der Waals surface area contributed by atoms with Gasteiger partial charge in [0, 0.05) is 29.7 Å². The first kappa shape index (κ1) is 16.4. The van der Waals surface area contributed by atoms with Crippen LogP contribution in [0.5, 0.6) is 11.5 Å². The molecule has 5 heteroatoms. The number of hydrogen-bond donors (Lipinski definition) is 0. The number of aromatic nitrogens is 1. The second-order valence-electron chi connectivity index (χ2n) is 5.07. The highest BCUT2D eigenvalue weighted by molar-refractivity contribution is 5.86. The zero-order valence-electron chi connectivity index (χ0n) is 13.6. The second kappa shape index (κ2) is 6.84. The molecule has 0 saturated heterocycles. The second-order valence-corrected chi connectivity index (χ2v) is 5.07. The van der Waals surface area contributed by atoms with Crippen LogP contribution in [0, 0.1) is 25.2 Å². The zero-order valence-corrected chi connectivity index (χ0v) is 13.6. The minimum atomic E-state index is -0.0470. The fraction of sp³-hybridized carbons (Fsp3) is 0.222. The van der Waals surface area contributed by atoms with Crippen molar-refractivity contribution in [3.05, 3.63) is 57.5 Å². The SMILES string of the molecule is COc1ccc(/C(C#N)=C/n2c(C)cc(=O)cc2C)cc1OC. The average molecular weight is 310 g/mol. The highest BCUT2D eigenvalue weighted by Crippen LogP contribution is 2.30. The Morgan fingerprint density at radius 1 is 1.09 bits per heavy atom. The van der Waals surface area contributed by atoms with E-state index < -0.39 is 0 Å². The van der Waals surface area contributed by atoms with Gasteiger partial charge in [-0.3, -0.25) is 4.79 Å². The van der Waals surface area contributed by atoms with Gasteiger partial charge in [-0.25, -0.2) is 0 Å². The molecule has 0 atom stereocenters. The standard InChI is InChI=1S/C18H18N2O3/c1-12-7-16(21)8-13(2)20(12)11-15(10-19)14-5-6-17(22-3)18(9-14)23-4/h5-9,11H,1-4H3/b15-11+. The zero-order chi connectivity index (χ0) is 17.0. The van der Waals surface area contributed by atoms with Crippen molar-refractivity contribution in [1.29, 1.82) is 5.26 Å². The van der Waals surface area contributed by atoms with E-state index in [0.29, 0.717) is 22.6 Å². The molecule has 0 bridgehead atoms. The molecule has 0 saturated carbocycles. The molecule has 2 rings (SSSR count). The third-order valence-electron chi connectivity index (χ3n) is 3.54. The van der Waals surface area contributed by atoms with Crippen molar-refractivity contribution in [2.24, 2.45) is 0 Å². The predicted octanol–water partition coefficient (Wildman–Crippen LogP) is 3.00. The topological polar surface area (TPSA) is 64.2 Å². The van der Waals surface area contributed by atoms with Crippen LogP contribution in [0.1, 0.15) is 17.0 Å². The molecule has 1 aromatic carbocycles. The van der Waals surface area contributed by atoms with Gasteiger partial charge < -0.3 is 14.0 Å². The number of methoxy groups -OCH3 is 2. The lowest BCUT2D eigenvalue weighted by atomic mass is 10.1. The number of aryl methyl sites for hydroxylation is 2. The third kappa shape index (κ3) is 3.43. The van der Waals surface area contributed by atoms with Gasteiger partial charge in [-0.2, -0.15) is 5.26 Å². The van der Waals surface area contributed by atoms with Crippen molar-refractivity contribution in [3.8, 4) is 17.6 Å². The van der Waals surface area contributed by atoms with Crippen LogP contribution in [0.25, 0.3) is 11.8 Å². The van der Waals surface area contributed by atoms with Gasteiger partial charge in [-0.05, 0) is 37.6 Å². The van der Waals surface area contributed by atoms with Crippen LogP contribution in [0.2, 0.25) is 0 Å². The first-order valence-electron chi connectivity index (χ1n) is 7.04. The van der Waals surface area contributed by atoms with Gasteiger partial charge in [0.25, 0.3) is 0 Å². The Morgan fingerprint density at radius 2 is 1.70 bits per heavy atom. The van der Waals surface area contributed by atoms with Gasteiger partial charge >= 0.3 is 0 Å². The molecule has 0 aliphatic carbocycles. The summed E-state index contributed by atoms with van der Waals surface area (Å²) in [4.78, 5) is 11.5. The van der Waals surface area contributed by atoms with E-state index in [-0.39, 0.29) is 5.43 Å². The van der Waals surface area contributed by atoms with Crippen LogP contribution in [0.3, 0.4) is 0 Å². The molecule has 0 unspecified atom stereocenters. The summed E-state index contributed by atoms with van der Waals surface area (Å²) in [6.45, 7) is 3.66. The lowest BCUT2D eigenvalue weighted by molar-refractivity contribution is 0.355. The Labute approximate surface area is 135 Å². The van der Waals surface area contributed by atoms with Crippen molar-refractivity contribution < 1.29 is 9.47 Å². The van der Waals surface area contributed by atoms with Gasteiger partial charge in [-0.15, -0.1) is 0 Å². The van der Waals surface area contributed by atoms with Crippen molar-refractivity contribution >= 4 is 11.8 Å². The fourth-order valence-electron chi connectivity index (χ4n) is 2.38. The molecule has 118 valence electrons. The Morgan fingerprint density at radius 3 is 2.22 bits per heavy atom. The molecule has 1 aromatic heterocycles. The van der Waals surface area contributed by atoms with Crippen LogP contribution in [0.15, 0.2) is 35.1 Å². The number of nitrogens with zero attached hydrogens (tertiary/aromatic N) is 2. The van der Waals surface area contributed by atoms with Gasteiger partial charge in [0.15, 0.2) is 16.9 Å². The Kier molecular flexibility index (Phi) is 4.87. The quantitative estimate of drug-likeness (QED) is 0.814. The molecule has 0 fully saturated rings. The van der Waals surface area contributed by atoms with Gasteiger partial charge in [0.1, 0.15) is 6.07 Å². The molecule has 0 N–H and O–H groups in total. The Hall–Kier alpha value is -3.00. The van der Waals surface area contributed by atoms with Crippen LogP contribution < -0.4 is 14.9 Å². The fourth-order valence-corrected chi connectivity index (χ4v) is 2.38. The maximum absolute atomic E-state index is 11.5. The number of allylic oxidation sites excluding steroid dienone is 1. The summed E-state index contributed by atoms with van der Waals surface area (Å²) in [6.07, 6.45) is 1.71. The summed E-state index contributed by atoms with van der Waals surface area (Å²) in [5.41, 5.74) is 2.66. The highest BCUT2D eigenvalue weighted by atomic mass is 16.5. The molecular formula is C18H18N2O3. The summed E-state index contributed by atoms with van der Waals surface area (Å²) in [6, 6.07) is 10.6. The van der Waals surface area contributed by atoms with E-state index in [1.54, 1.807) is 38.6 Å². The summed E-state index contributed by atoms with van der Waals surface area (Å²) in [7, 11) is 3.11. The molecule has 0 radical (unpaired) electrons. The maximum Gasteiger partial charge on any atom is 0.182 e. The lowest BCUT2D eigenvalue weighted by Crippen LogP contribution is -2.09. The van der Waals surface area contributed by atoms with E-state index in [9.17, 15) is 10.1 Å². The minimum absolute atomic E-state index is 0.0470. The van der Waals surface area contributed by atoms with Crippen LogP contribution in [-0.2, 0) is 0 Å². The number of hydrogen-bond acceptors (Lipinski definition) is 4. The van der Waals surface area contributed by atoms with Crippen molar-refractivity contribution in [3.63, 3.8) is 0 Å². The number of rotatable bonds is 4. The number of benzene rings is 1. The van der Waals surface area contributed by atoms with Crippen LogP contribution in [-0.4, -0.2) is 18.8 Å². The van der Waals surface area contributed by atoms with Crippen LogP contribution >= 0.6 is 0 Å². The van der Waals surface area contributed by atoms with Crippen LogP contribution in [0.4, 0.5) is 0 Å². The molecule has 0 aliphatic rings. The molecule has 23 heavy (non-hydrogen) atoms. The lowest BCUT2D eigenvalue weighted by Gasteiger charge is -2.12. The van der Waals surface area contributed by atoms with E-state index >= 15 is 0 Å².